The number of rotatable bonds is 6. The fourth-order valence-corrected chi connectivity index (χ4v) is 2.16. The lowest BCUT2D eigenvalue weighted by molar-refractivity contribution is -0.173. The molecular weight excluding hydrogens is 275 g/mol. The number of amides is 1. The standard InChI is InChI=1S/C12H24F3NO2Si/c1-11(2,3)19(4,5)18-9-7-6-8-16-10(17)12(13,14)15/h6-9H2,1-5H3,(H,16,17). The van der Waals surface area contributed by atoms with Gasteiger partial charge in [0.1, 0.15) is 0 Å². The molecule has 0 spiro atoms. The monoisotopic (exact) mass is 299 g/mol. The Balaban J connectivity index is 3.76. The summed E-state index contributed by atoms with van der Waals surface area (Å²) in [5.41, 5.74) is 0. The summed E-state index contributed by atoms with van der Waals surface area (Å²) < 4.78 is 41.5. The molecule has 7 heteroatoms. The molecule has 0 atom stereocenters. The minimum Gasteiger partial charge on any atom is -0.417 e. The van der Waals surface area contributed by atoms with E-state index in [0.717, 1.165) is 0 Å². The van der Waals surface area contributed by atoms with Crippen molar-refractivity contribution in [2.75, 3.05) is 13.2 Å². The maximum absolute atomic E-state index is 11.9. The van der Waals surface area contributed by atoms with Gasteiger partial charge in [0.05, 0.1) is 0 Å². The van der Waals surface area contributed by atoms with Crippen molar-refractivity contribution in [1.82, 2.24) is 5.32 Å². The number of unbranched alkanes of at least 4 members (excludes halogenated alkanes) is 1. The summed E-state index contributed by atoms with van der Waals surface area (Å²) in [7, 11) is -1.78. The summed E-state index contributed by atoms with van der Waals surface area (Å²) in [6.45, 7) is 11.2. The van der Waals surface area contributed by atoms with Gasteiger partial charge in [0.2, 0.25) is 0 Å². The minimum absolute atomic E-state index is 0.0270. The van der Waals surface area contributed by atoms with Crippen LogP contribution in [0.1, 0.15) is 33.6 Å². The van der Waals surface area contributed by atoms with Crippen LogP contribution in [0.4, 0.5) is 13.2 Å². The predicted octanol–water partition coefficient (Wildman–Crippen LogP) is 3.47. The van der Waals surface area contributed by atoms with Crippen LogP contribution in [0.3, 0.4) is 0 Å². The first kappa shape index (κ1) is 18.4. The van der Waals surface area contributed by atoms with Crippen LogP contribution in [0.15, 0.2) is 0 Å². The number of halogens is 3. The van der Waals surface area contributed by atoms with E-state index in [-0.39, 0.29) is 11.6 Å². The van der Waals surface area contributed by atoms with Crippen LogP contribution in [0.2, 0.25) is 18.1 Å². The maximum Gasteiger partial charge on any atom is 0.471 e. The first-order valence-corrected chi connectivity index (χ1v) is 9.28. The first-order valence-electron chi connectivity index (χ1n) is 6.37. The Bertz CT molecular complexity index is 298. The van der Waals surface area contributed by atoms with Gasteiger partial charge in [-0.3, -0.25) is 4.79 Å². The lowest BCUT2D eigenvalue weighted by atomic mass is 10.2. The highest BCUT2D eigenvalue weighted by atomic mass is 28.4. The Hall–Kier alpha value is -0.563. The van der Waals surface area contributed by atoms with Crippen molar-refractivity contribution in [3.8, 4) is 0 Å². The van der Waals surface area contributed by atoms with Gasteiger partial charge in [-0.15, -0.1) is 0 Å². The van der Waals surface area contributed by atoms with Crippen LogP contribution in [0.25, 0.3) is 0 Å². The lowest BCUT2D eigenvalue weighted by Gasteiger charge is -2.36. The molecule has 19 heavy (non-hydrogen) atoms. The van der Waals surface area contributed by atoms with Crippen molar-refractivity contribution in [2.45, 2.75) is 57.9 Å². The van der Waals surface area contributed by atoms with Gasteiger partial charge in [0.25, 0.3) is 0 Å². The van der Waals surface area contributed by atoms with Crippen LogP contribution in [0, 0.1) is 0 Å². The number of alkyl halides is 3. The molecule has 0 fully saturated rings. The normalized spacial score (nSPS) is 13.5. The molecule has 1 amide bonds. The molecule has 0 saturated heterocycles. The summed E-state index contributed by atoms with van der Waals surface area (Å²) in [6.07, 6.45) is -3.67. The largest absolute Gasteiger partial charge is 0.471 e. The van der Waals surface area contributed by atoms with Crippen LogP contribution < -0.4 is 5.32 Å². The van der Waals surface area contributed by atoms with E-state index in [2.05, 4.69) is 33.9 Å². The fraction of sp³-hybridized carbons (Fsp3) is 0.917. The Morgan fingerprint density at radius 1 is 1.16 bits per heavy atom. The summed E-state index contributed by atoms with van der Waals surface area (Å²) in [5.74, 6) is -1.88. The van der Waals surface area contributed by atoms with Crippen LogP contribution in [0.5, 0.6) is 0 Å². The third-order valence-corrected chi connectivity index (χ3v) is 7.92. The van der Waals surface area contributed by atoms with E-state index in [4.69, 9.17) is 4.43 Å². The van der Waals surface area contributed by atoms with Crippen LogP contribution in [-0.2, 0) is 9.22 Å². The van der Waals surface area contributed by atoms with Crippen molar-refractivity contribution in [3.63, 3.8) is 0 Å². The van der Waals surface area contributed by atoms with E-state index in [1.54, 1.807) is 0 Å². The second kappa shape index (κ2) is 6.74. The van der Waals surface area contributed by atoms with Crippen molar-refractivity contribution in [2.24, 2.45) is 0 Å². The third kappa shape index (κ3) is 6.96. The zero-order valence-corrected chi connectivity index (χ0v) is 13.3. The highest BCUT2D eigenvalue weighted by Gasteiger charge is 2.38. The van der Waals surface area contributed by atoms with E-state index in [0.29, 0.717) is 19.4 Å². The van der Waals surface area contributed by atoms with Gasteiger partial charge < -0.3 is 9.74 Å². The molecule has 114 valence electrons. The summed E-state index contributed by atoms with van der Waals surface area (Å²) in [4.78, 5) is 10.5. The molecule has 3 nitrogen and oxygen atoms in total. The average molecular weight is 299 g/mol. The van der Waals surface area contributed by atoms with Crippen molar-refractivity contribution < 1.29 is 22.4 Å². The summed E-state index contributed by atoms with van der Waals surface area (Å²) >= 11 is 0. The van der Waals surface area contributed by atoms with Gasteiger partial charge in [-0.2, -0.15) is 13.2 Å². The minimum atomic E-state index is -4.79. The first-order chi connectivity index (χ1) is 8.38. The fourth-order valence-electron chi connectivity index (χ4n) is 1.07. The molecule has 0 aliphatic rings. The number of hydrogen-bond acceptors (Lipinski definition) is 2. The van der Waals surface area contributed by atoms with Crippen molar-refractivity contribution >= 4 is 14.2 Å². The number of carbonyl (C=O) groups is 1. The number of nitrogens with one attached hydrogen (secondary N) is 1. The summed E-state index contributed by atoms with van der Waals surface area (Å²) in [5, 5.41) is 1.96. The van der Waals surface area contributed by atoms with Crippen LogP contribution >= 0.6 is 0 Å². The summed E-state index contributed by atoms with van der Waals surface area (Å²) in [6, 6.07) is 0. The van der Waals surface area contributed by atoms with E-state index in [9.17, 15) is 18.0 Å². The Morgan fingerprint density at radius 2 is 1.68 bits per heavy atom. The average Bonchev–Trinajstić information content (AvgIpc) is 2.19. The van der Waals surface area contributed by atoms with Crippen LogP contribution in [-0.4, -0.2) is 33.6 Å². The van der Waals surface area contributed by atoms with Gasteiger partial charge in [-0.05, 0) is 31.0 Å². The van der Waals surface area contributed by atoms with Gasteiger partial charge in [0.15, 0.2) is 8.32 Å². The second-order valence-corrected chi connectivity index (χ2v) is 10.9. The Kier molecular flexibility index (Phi) is 6.54. The molecule has 0 aromatic heterocycles. The van der Waals surface area contributed by atoms with Gasteiger partial charge in [-0.25, -0.2) is 0 Å². The maximum atomic E-state index is 11.9. The third-order valence-electron chi connectivity index (χ3n) is 3.38. The Labute approximate surface area is 114 Å². The SMILES string of the molecule is CC(C)(C)[Si](C)(C)OCCCCNC(=O)C(F)(F)F. The van der Waals surface area contributed by atoms with Crippen molar-refractivity contribution in [1.29, 1.82) is 0 Å². The van der Waals surface area contributed by atoms with E-state index >= 15 is 0 Å². The molecule has 0 radical (unpaired) electrons. The Morgan fingerprint density at radius 3 is 2.11 bits per heavy atom. The van der Waals surface area contributed by atoms with Gasteiger partial charge >= 0.3 is 12.1 Å². The smallest absolute Gasteiger partial charge is 0.417 e. The van der Waals surface area contributed by atoms with E-state index in [1.807, 2.05) is 5.32 Å². The number of carbonyl (C=O) groups excluding carboxylic acids is 1. The quantitative estimate of drug-likeness (QED) is 0.602. The van der Waals surface area contributed by atoms with Gasteiger partial charge in [-0.1, -0.05) is 20.8 Å². The van der Waals surface area contributed by atoms with E-state index in [1.165, 1.54) is 0 Å². The molecule has 0 heterocycles. The molecule has 0 bridgehead atoms. The second-order valence-electron chi connectivity index (χ2n) is 6.07. The van der Waals surface area contributed by atoms with E-state index < -0.39 is 20.4 Å². The molecule has 1 N–H and O–H groups in total. The molecule has 0 saturated carbocycles. The number of hydrogen-bond donors (Lipinski definition) is 1. The highest BCUT2D eigenvalue weighted by Crippen LogP contribution is 2.36. The molecule has 0 unspecified atom stereocenters. The molecule has 0 aromatic carbocycles. The van der Waals surface area contributed by atoms with Crippen molar-refractivity contribution in [3.05, 3.63) is 0 Å². The zero-order valence-electron chi connectivity index (χ0n) is 12.3. The lowest BCUT2D eigenvalue weighted by Crippen LogP contribution is -2.41. The highest BCUT2D eigenvalue weighted by molar-refractivity contribution is 6.74. The molecular formula is C12H24F3NO2Si. The predicted molar refractivity (Wildman–Crippen MR) is 71.4 cm³/mol. The molecule has 0 aromatic rings. The zero-order chi connectivity index (χ0) is 15.3. The molecule has 0 rings (SSSR count). The molecule has 0 aliphatic carbocycles. The van der Waals surface area contributed by atoms with Gasteiger partial charge in [0, 0.05) is 13.2 Å². The topological polar surface area (TPSA) is 38.3 Å². The molecule has 0 aliphatic heterocycles.